The summed E-state index contributed by atoms with van der Waals surface area (Å²) >= 11 is 0. The molecule has 6 aromatic heterocycles. The highest BCUT2D eigenvalue weighted by Gasteiger charge is 2.29. The van der Waals surface area contributed by atoms with Crippen molar-refractivity contribution >= 4 is 0 Å². The lowest BCUT2D eigenvalue weighted by Gasteiger charge is -2.28. The Bertz CT molecular complexity index is 3940. The summed E-state index contributed by atoms with van der Waals surface area (Å²) in [5, 5.41) is 25.8. The molecule has 0 aliphatic heterocycles. The van der Waals surface area contributed by atoms with Gasteiger partial charge in [-0.15, -0.1) is 0 Å². The Hall–Kier alpha value is -9.58. The van der Waals surface area contributed by atoms with E-state index < -0.39 is 0 Å². The van der Waals surface area contributed by atoms with Gasteiger partial charge in [-0.3, -0.25) is 19.9 Å². The van der Waals surface area contributed by atoms with Gasteiger partial charge in [0.05, 0.1) is 98.4 Å². The van der Waals surface area contributed by atoms with Gasteiger partial charge in [0.15, 0.2) is 0 Å². The van der Waals surface area contributed by atoms with Gasteiger partial charge in [0, 0.05) is 74.7 Å². The molecule has 0 saturated carbocycles. The van der Waals surface area contributed by atoms with Crippen LogP contribution in [-0.4, -0.2) is 119 Å². The predicted octanol–water partition coefficient (Wildman–Crippen LogP) is 17.0. The maximum atomic E-state index is 12.9. The summed E-state index contributed by atoms with van der Waals surface area (Å²) in [6, 6.07) is 48.0. The van der Waals surface area contributed by atoms with Crippen molar-refractivity contribution in [3.63, 3.8) is 0 Å². The van der Waals surface area contributed by atoms with Crippen LogP contribution >= 0.6 is 0 Å². The molecule has 0 unspecified atom stereocenters. The highest BCUT2D eigenvalue weighted by atomic mass is 16.6. The Balaban J connectivity index is 0.809. The van der Waals surface area contributed by atoms with Crippen LogP contribution in [0.25, 0.3) is 45.6 Å². The van der Waals surface area contributed by atoms with Gasteiger partial charge in [-0.25, -0.2) is 9.97 Å². The van der Waals surface area contributed by atoms with Crippen molar-refractivity contribution < 1.29 is 48.1 Å². The van der Waals surface area contributed by atoms with Crippen molar-refractivity contribution in [2.24, 2.45) is 0 Å². The van der Waals surface area contributed by atoms with E-state index in [-0.39, 0.29) is 46.4 Å². The molecule has 0 spiro atoms. The summed E-state index contributed by atoms with van der Waals surface area (Å²) in [7, 11) is 0. The maximum Gasteiger partial charge on any atom is 0.126 e. The molecule has 0 saturated heterocycles. The number of hydrogen-bond acceptors (Lipinski definition) is 16. The number of rotatable bonds is 26. The summed E-state index contributed by atoms with van der Waals surface area (Å²) in [5.41, 5.74) is 15.9. The van der Waals surface area contributed by atoms with Crippen molar-refractivity contribution in [3.05, 3.63) is 237 Å². The average molecular weight is 1380 g/mol. The number of hydrogen-bond donors (Lipinski definition) is 2. The Labute approximate surface area is 601 Å². The van der Waals surface area contributed by atoms with E-state index in [4.69, 9.17) is 47.9 Å². The van der Waals surface area contributed by atoms with Crippen molar-refractivity contribution in [2.45, 2.75) is 130 Å². The topological polar surface area (TPSA) is 192 Å². The first-order chi connectivity index (χ1) is 48.9. The van der Waals surface area contributed by atoms with Crippen LogP contribution in [0.15, 0.2) is 170 Å². The van der Waals surface area contributed by atoms with Crippen molar-refractivity contribution in [1.29, 1.82) is 0 Å². The normalized spacial score (nSPS) is 12.7. The van der Waals surface area contributed by atoms with Gasteiger partial charge < -0.3 is 48.1 Å². The molecule has 2 N–H and O–H groups in total. The number of phenolic OH excluding ortho intramolecular Hbond substituents is 2. The van der Waals surface area contributed by atoms with E-state index in [1.54, 1.807) is 24.8 Å². The Morgan fingerprint density at radius 3 is 0.725 bits per heavy atom. The molecule has 102 heavy (non-hydrogen) atoms. The molecule has 16 nitrogen and oxygen atoms in total. The second-order valence-electron chi connectivity index (χ2n) is 30.1. The van der Waals surface area contributed by atoms with Crippen LogP contribution in [0, 0.1) is 0 Å². The highest BCUT2D eigenvalue weighted by molar-refractivity contribution is 5.67. The van der Waals surface area contributed by atoms with Crippen LogP contribution in [0.1, 0.15) is 150 Å². The number of aromatic nitrogens is 6. The van der Waals surface area contributed by atoms with Gasteiger partial charge in [0.25, 0.3) is 0 Å². The van der Waals surface area contributed by atoms with E-state index in [1.807, 2.05) is 97.1 Å². The lowest BCUT2D eigenvalue weighted by molar-refractivity contribution is 0.0272. The SMILES string of the molecule is CC(C)(C)c1cc2c(O)c(c1)Cc1cc(C(C)(C)C)cc(c1OCCOCCOCCOc1cc(-c3ccccn3)nc(-c3ccccn3)c1)Cc1cc(C(C)(C)C)cc(c1O)Cc1cc(C(C)(C)C)cc(c1OCCOCCOCCOc1cc(-c3ccccn3)nc(-c3ccccn3)c1)C2. The van der Waals surface area contributed by atoms with Gasteiger partial charge in [-0.2, -0.15) is 0 Å². The molecule has 16 heteroatoms. The number of phenols is 2. The molecule has 0 radical (unpaired) electrons. The predicted molar refractivity (Wildman–Crippen MR) is 402 cm³/mol. The van der Waals surface area contributed by atoms with Crippen molar-refractivity contribution in [1.82, 2.24) is 29.9 Å². The zero-order chi connectivity index (χ0) is 72.0. The van der Waals surface area contributed by atoms with Gasteiger partial charge in [0.2, 0.25) is 0 Å². The first-order valence-electron chi connectivity index (χ1n) is 35.5. The molecule has 1 aliphatic carbocycles. The van der Waals surface area contributed by atoms with Gasteiger partial charge in [-0.1, -0.05) is 156 Å². The lowest BCUT2D eigenvalue weighted by atomic mass is 9.79. The fraction of sp³-hybridized carbons (Fsp3) is 0.372. The molecule has 0 fully saturated rings. The van der Waals surface area contributed by atoms with E-state index in [0.717, 1.165) is 89.5 Å². The molecule has 4 aromatic carbocycles. The summed E-state index contributed by atoms with van der Waals surface area (Å²) in [5.74, 6) is 3.14. The van der Waals surface area contributed by atoms with E-state index in [9.17, 15) is 10.2 Å². The number of pyridine rings is 6. The lowest BCUT2D eigenvalue weighted by Crippen LogP contribution is -2.18. The minimum atomic E-state index is -0.274. The molecule has 532 valence electrons. The summed E-state index contributed by atoms with van der Waals surface area (Å²) in [6.45, 7) is 30.4. The quantitative estimate of drug-likeness (QED) is 0.0486. The molecule has 10 aromatic rings. The Morgan fingerprint density at radius 2 is 0.500 bits per heavy atom. The zero-order valence-electron chi connectivity index (χ0n) is 61.3. The standard InChI is InChI=1S/C86H98N6O10/c1-83(2,3)65-45-57-41-61-49-67(85(7,8)9)51-63(81(61)101-39-35-97-31-29-95-33-37-99-69-53-75(71-21-13-17-25-87-71)91-76(54-69)72-22-14-18-26-88-72)43-59-47-66(84(4,5)6)48-60(80(59)94)44-64-52-68(86(10,11)12)50-62(42-58(46-65)79(57)93)82(64)102-40-36-98-32-30-96-34-38-100-70-55-77(73-23-15-19-27-89-73)92-78(56-70)74-24-16-20-28-90-74/h13-28,45-56,93-94H,29-44H2,1-12H3. The number of nitrogens with zero attached hydrogens (tertiary/aromatic N) is 6. The average Bonchev–Trinajstić information content (AvgIpc) is 0.765. The van der Waals surface area contributed by atoms with Gasteiger partial charge in [0.1, 0.15) is 60.9 Å². The number of ether oxygens (including phenoxy) is 8. The number of aromatic hydroxyl groups is 2. The van der Waals surface area contributed by atoms with Crippen LogP contribution in [-0.2, 0) is 66.3 Å². The third-order valence-electron chi connectivity index (χ3n) is 18.0. The first kappa shape index (κ1) is 73.6. The fourth-order valence-electron chi connectivity index (χ4n) is 12.3. The second kappa shape index (κ2) is 33.0. The van der Waals surface area contributed by atoms with Crippen LogP contribution in [0.3, 0.4) is 0 Å². The molecule has 8 bridgehead atoms. The third-order valence-corrected chi connectivity index (χ3v) is 18.0. The van der Waals surface area contributed by atoms with E-state index in [2.05, 4.69) is 152 Å². The zero-order valence-corrected chi connectivity index (χ0v) is 61.3. The van der Waals surface area contributed by atoms with Crippen molar-refractivity contribution in [3.8, 4) is 80.0 Å². The largest absolute Gasteiger partial charge is 0.507 e. The second-order valence-corrected chi connectivity index (χ2v) is 30.1. The first-order valence-corrected chi connectivity index (χ1v) is 35.5. The van der Waals surface area contributed by atoms with Gasteiger partial charge in [-0.05, 0) is 137 Å². The number of fused-ring (bicyclic) bond motifs is 8. The molecular weight excluding hydrogens is 1280 g/mol. The molecular formula is C86H98N6O10. The van der Waals surface area contributed by atoms with E-state index in [1.165, 1.54) is 0 Å². The molecule has 1 aliphatic rings. The number of benzene rings is 4. The fourth-order valence-corrected chi connectivity index (χ4v) is 12.3. The van der Waals surface area contributed by atoms with Crippen LogP contribution in [0.4, 0.5) is 0 Å². The summed E-state index contributed by atoms with van der Waals surface area (Å²) < 4.78 is 50.8. The molecule has 0 atom stereocenters. The van der Waals surface area contributed by atoms with Gasteiger partial charge >= 0.3 is 0 Å². The molecule has 11 rings (SSSR count). The molecule has 0 amide bonds. The Morgan fingerprint density at radius 1 is 0.275 bits per heavy atom. The Kier molecular flexibility index (Phi) is 23.8. The minimum Gasteiger partial charge on any atom is -0.507 e. The smallest absolute Gasteiger partial charge is 0.126 e. The van der Waals surface area contributed by atoms with Crippen LogP contribution in [0.2, 0.25) is 0 Å². The maximum absolute atomic E-state index is 12.9. The van der Waals surface area contributed by atoms with Crippen LogP contribution < -0.4 is 18.9 Å². The highest BCUT2D eigenvalue weighted by Crippen LogP contribution is 2.44. The van der Waals surface area contributed by atoms with Crippen molar-refractivity contribution in [2.75, 3.05) is 79.3 Å². The monoisotopic (exact) mass is 1370 g/mol. The minimum absolute atomic E-state index is 0.228. The molecule has 6 heterocycles. The summed E-state index contributed by atoms with van der Waals surface area (Å²) in [4.78, 5) is 27.8. The van der Waals surface area contributed by atoms with E-state index in [0.29, 0.717) is 138 Å². The van der Waals surface area contributed by atoms with Crippen LogP contribution in [0.5, 0.6) is 34.5 Å². The summed E-state index contributed by atoms with van der Waals surface area (Å²) in [6.07, 6.45) is 8.46. The van der Waals surface area contributed by atoms with E-state index >= 15 is 0 Å². The third kappa shape index (κ3) is 19.5.